The van der Waals surface area contributed by atoms with Gasteiger partial charge in [0.15, 0.2) is 0 Å². The largest absolute Gasteiger partial charge is 0.382 e. The maximum Gasteiger partial charge on any atom is 0.251 e. The standard InChI is InChI=1S/C38H67N3O7/c1-29(2)10-8-12-31(5)14-16-39-36(42)33-26-34(37(43)40-17-15-32(6)13-9-11-30(3)4)28-35(27-33)38(44)41-18-19-46-22-23-48-25-24-47-21-20-45-7/h26-32H,8-25H2,1-7H3,(H,39,42)(H,40,43)(H,41,44)/t31-,32-/m1/s1. The molecule has 0 radical (unpaired) electrons. The highest BCUT2D eigenvalue weighted by molar-refractivity contribution is 6.04. The zero-order valence-electron chi connectivity index (χ0n) is 31.1. The van der Waals surface area contributed by atoms with E-state index in [2.05, 4.69) is 57.5 Å². The van der Waals surface area contributed by atoms with Gasteiger partial charge in [-0.05, 0) is 54.7 Å². The Kier molecular flexibility index (Phi) is 24.7. The smallest absolute Gasteiger partial charge is 0.251 e. The van der Waals surface area contributed by atoms with Crippen molar-refractivity contribution < 1.29 is 33.3 Å². The summed E-state index contributed by atoms with van der Waals surface area (Å²) in [4.78, 5) is 39.5. The van der Waals surface area contributed by atoms with Gasteiger partial charge in [-0.3, -0.25) is 14.4 Å². The van der Waals surface area contributed by atoms with Crippen LogP contribution < -0.4 is 16.0 Å². The minimum absolute atomic E-state index is 0.258. The number of amides is 3. The van der Waals surface area contributed by atoms with Crippen molar-refractivity contribution in [2.24, 2.45) is 23.7 Å². The molecule has 0 aliphatic heterocycles. The molecule has 0 aliphatic rings. The summed E-state index contributed by atoms with van der Waals surface area (Å²) in [7, 11) is 1.63. The Hall–Kier alpha value is -2.53. The molecular formula is C38H67N3O7. The second-order valence-electron chi connectivity index (χ2n) is 13.8. The van der Waals surface area contributed by atoms with Crippen molar-refractivity contribution in [2.75, 3.05) is 73.0 Å². The lowest BCUT2D eigenvalue weighted by molar-refractivity contribution is 0.00415. The van der Waals surface area contributed by atoms with Gasteiger partial charge in [0.25, 0.3) is 17.7 Å². The van der Waals surface area contributed by atoms with Gasteiger partial charge in [0.1, 0.15) is 0 Å². The molecule has 0 saturated heterocycles. The Morgan fingerprint density at radius 2 is 0.854 bits per heavy atom. The number of ether oxygens (including phenoxy) is 4. The normalized spacial score (nSPS) is 12.7. The Balaban J connectivity index is 2.70. The minimum Gasteiger partial charge on any atom is -0.382 e. The fourth-order valence-corrected chi connectivity index (χ4v) is 5.15. The van der Waals surface area contributed by atoms with Crippen LogP contribution in [0.5, 0.6) is 0 Å². The molecule has 0 heterocycles. The van der Waals surface area contributed by atoms with Gasteiger partial charge in [-0.25, -0.2) is 0 Å². The average molecular weight is 678 g/mol. The molecule has 0 spiro atoms. The van der Waals surface area contributed by atoms with Crippen molar-refractivity contribution >= 4 is 17.7 Å². The number of methoxy groups -OCH3 is 1. The second kappa shape index (κ2) is 27.3. The lowest BCUT2D eigenvalue weighted by Crippen LogP contribution is -2.31. The van der Waals surface area contributed by atoms with Gasteiger partial charge < -0.3 is 34.9 Å². The number of carbonyl (C=O) groups is 3. The number of hydrogen-bond acceptors (Lipinski definition) is 7. The summed E-state index contributed by atoms with van der Waals surface area (Å²) >= 11 is 0. The van der Waals surface area contributed by atoms with Crippen molar-refractivity contribution in [3.05, 3.63) is 34.9 Å². The van der Waals surface area contributed by atoms with Gasteiger partial charge in [-0.15, -0.1) is 0 Å². The van der Waals surface area contributed by atoms with Crippen LogP contribution in [0.2, 0.25) is 0 Å². The van der Waals surface area contributed by atoms with Crippen LogP contribution in [-0.4, -0.2) is 90.7 Å². The van der Waals surface area contributed by atoms with Crippen LogP contribution in [0.1, 0.15) is 124 Å². The fraction of sp³-hybridized carbons (Fsp3) is 0.763. The quantitative estimate of drug-likeness (QED) is 0.0854. The molecule has 0 saturated carbocycles. The van der Waals surface area contributed by atoms with E-state index in [1.165, 1.54) is 25.7 Å². The lowest BCUT2D eigenvalue weighted by Gasteiger charge is -2.15. The molecular weight excluding hydrogens is 610 g/mol. The number of hydrogen-bond donors (Lipinski definition) is 3. The van der Waals surface area contributed by atoms with Gasteiger partial charge in [0.05, 0.1) is 46.2 Å². The fourth-order valence-electron chi connectivity index (χ4n) is 5.15. The first-order chi connectivity index (χ1) is 23.0. The van der Waals surface area contributed by atoms with Crippen molar-refractivity contribution in [3.8, 4) is 0 Å². The van der Waals surface area contributed by atoms with Crippen LogP contribution in [0, 0.1) is 23.7 Å². The van der Waals surface area contributed by atoms with Gasteiger partial charge in [0, 0.05) is 43.4 Å². The van der Waals surface area contributed by atoms with Gasteiger partial charge in [-0.2, -0.15) is 0 Å². The van der Waals surface area contributed by atoms with E-state index < -0.39 is 0 Å². The molecule has 276 valence electrons. The number of nitrogens with one attached hydrogen (secondary N) is 3. The first kappa shape index (κ1) is 43.5. The second-order valence-corrected chi connectivity index (χ2v) is 13.8. The number of rotatable bonds is 29. The van der Waals surface area contributed by atoms with Gasteiger partial charge in [-0.1, -0.05) is 80.1 Å². The molecule has 10 heteroatoms. The van der Waals surface area contributed by atoms with Crippen molar-refractivity contribution in [3.63, 3.8) is 0 Å². The Morgan fingerprint density at radius 3 is 1.23 bits per heavy atom. The molecule has 2 atom stereocenters. The van der Waals surface area contributed by atoms with E-state index in [0.29, 0.717) is 94.1 Å². The molecule has 0 fully saturated rings. The summed E-state index contributed by atoms with van der Waals surface area (Å²) in [5, 5.41) is 8.82. The molecule has 48 heavy (non-hydrogen) atoms. The maximum atomic E-state index is 13.2. The highest BCUT2D eigenvalue weighted by atomic mass is 16.6. The Bertz CT molecular complexity index is 962. The molecule has 3 amide bonds. The summed E-state index contributed by atoms with van der Waals surface area (Å²) < 4.78 is 21.3. The van der Waals surface area contributed by atoms with Crippen LogP contribution in [0.15, 0.2) is 18.2 Å². The molecule has 10 nitrogen and oxygen atoms in total. The first-order valence-corrected chi connectivity index (χ1v) is 18.2. The number of carbonyl (C=O) groups excluding carboxylic acids is 3. The minimum atomic E-state index is -0.371. The van der Waals surface area contributed by atoms with Crippen LogP contribution >= 0.6 is 0 Å². The Morgan fingerprint density at radius 1 is 0.500 bits per heavy atom. The monoisotopic (exact) mass is 677 g/mol. The van der Waals surface area contributed by atoms with E-state index in [4.69, 9.17) is 18.9 Å². The van der Waals surface area contributed by atoms with E-state index in [-0.39, 0.29) is 29.8 Å². The highest BCUT2D eigenvalue weighted by Gasteiger charge is 2.17. The molecule has 1 aromatic carbocycles. The summed E-state index contributed by atoms with van der Waals surface area (Å²) in [6.07, 6.45) is 8.79. The predicted octanol–water partition coefficient (Wildman–Crippen LogP) is 6.28. The van der Waals surface area contributed by atoms with E-state index in [0.717, 1.165) is 25.7 Å². The molecule has 0 bridgehead atoms. The zero-order chi connectivity index (χ0) is 35.6. The van der Waals surface area contributed by atoms with Crippen molar-refractivity contribution in [2.45, 2.75) is 92.9 Å². The van der Waals surface area contributed by atoms with Crippen LogP contribution in [-0.2, 0) is 18.9 Å². The van der Waals surface area contributed by atoms with Crippen LogP contribution in [0.4, 0.5) is 0 Å². The molecule has 3 N–H and O–H groups in total. The predicted molar refractivity (Wildman–Crippen MR) is 193 cm³/mol. The van der Waals surface area contributed by atoms with Crippen molar-refractivity contribution in [1.82, 2.24) is 16.0 Å². The van der Waals surface area contributed by atoms with Crippen LogP contribution in [0.25, 0.3) is 0 Å². The summed E-state index contributed by atoms with van der Waals surface area (Å²) in [5.74, 6) is 1.44. The molecule has 1 rings (SSSR count). The number of benzene rings is 1. The molecule has 0 aliphatic carbocycles. The van der Waals surface area contributed by atoms with Crippen LogP contribution in [0.3, 0.4) is 0 Å². The third-order valence-electron chi connectivity index (χ3n) is 8.23. The third kappa shape index (κ3) is 22.2. The summed E-state index contributed by atoms with van der Waals surface area (Å²) in [6, 6.07) is 4.67. The average Bonchev–Trinajstić information content (AvgIpc) is 3.04. The SMILES string of the molecule is COCCOCCOCCOCCNC(=O)c1cc(C(=O)NCC[C@H](C)CCCC(C)C)cc(C(=O)NCC[C@H](C)CCCC(C)C)c1. The van der Waals surface area contributed by atoms with Crippen molar-refractivity contribution in [1.29, 1.82) is 0 Å². The maximum absolute atomic E-state index is 13.2. The molecule has 0 aromatic heterocycles. The molecule has 1 aromatic rings. The highest BCUT2D eigenvalue weighted by Crippen LogP contribution is 2.17. The van der Waals surface area contributed by atoms with E-state index in [9.17, 15) is 14.4 Å². The summed E-state index contributed by atoms with van der Waals surface area (Å²) in [5.41, 5.74) is 0.845. The summed E-state index contributed by atoms with van der Waals surface area (Å²) in [6.45, 7) is 17.9. The third-order valence-corrected chi connectivity index (χ3v) is 8.23. The first-order valence-electron chi connectivity index (χ1n) is 18.2. The Labute approximate surface area is 291 Å². The van der Waals surface area contributed by atoms with E-state index in [1.807, 2.05) is 0 Å². The topological polar surface area (TPSA) is 124 Å². The van der Waals surface area contributed by atoms with E-state index in [1.54, 1.807) is 25.3 Å². The zero-order valence-corrected chi connectivity index (χ0v) is 31.1. The van der Waals surface area contributed by atoms with E-state index >= 15 is 0 Å². The lowest BCUT2D eigenvalue weighted by atomic mass is 9.97. The van der Waals surface area contributed by atoms with Gasteiger partial charge in [0.2, 0.25) is 0 Å². The van der Waals surface area contributed by atoms with Gasteiger partial charge >= 0.3 is 0 Å². The molecule has 0 unspecified atom stereocenters.